The molecule has 4 rings (SSSR count). The first-order valence-electron chi connectivity index (χ1n) is 10.1. The summed E-state index contributed by atoms with van der Waals surface area (Å²) in [5.41, 5.74) is 1.64. The van der Waals surface area contributed by atoms with E-state index < -0.39 is 9.84 Å². The number of aryl methyl sites for hydroxylation is 1. The van der Waals surface area contributed by atoms with Crippen molar-refractivity contribution in [3.05, 3.63) is 77.8 Å². The first-order chi connectivity index (χ1) is 15.9. The molecule has 7 nitrogen and oxygen atoms in total. The van der Waals surface area contributed by atoms with E-state index in [4.69, 9.17) is 18.6 Å². The van der Waals surface area contributed by atoms with Gasteiger partial charge in [0.15, 0.2) is 11.3 Å². The van der Waals surface area contributed by atoms with Crippen molar-refractivity contribution >= 4 is 26.5 Å². The van der Waals surface area contributed by atoms with Crippen LogP contribution in [0.3, 0.4) is 0 Å². The standard InChI is InChI=1S/C25H23NO6S/c1-16-8-11-19(12-9-16)33(27,28)23-14-17-6-5-7-21(30-3)24(17)32-25(23)26-20-13-10-18(29-2)15-22(20)31-4/h5-15H,1-4H3. The molecule has 0 aliphatic rings. The molecule has 0 fully saturated rings. The highest BCUT2D eigenvalue weighted by atomic mass is 32.2. The van der Waals surface area contributed by atoms with Crippen LogP contribution in [0.1, 0.15) is 5.56 Å². The number of hydrogen-bond acceptors (Lipinski definition) is 7. The fourth-order valence-corrected chi connectivity index (χ4v) is 4.72. The molecule has 33 heavy (non-hydrogen) atoms. The predicted molar refractivity (Wildman–Crippen MR) is 124 cm³/mol. The van der Waals surface area contributed by atoms with Crippen molar-refractivity contribution in [2.45, 2.75) is 16.7 Å². The van der Waals surface area contributed by atoms with E-state index >= 15 is 0 Å². The monoisotopic (exact) mass is 465 g/mol. The van der Waals surface area contributed by atoms with Gasteiger partial charge in [0.1, 0.15) is 22.1 Å². The maximum absolute atomic E-state index is 13.6. The molecule has 0 unspecified atom stereocenters. The zero-order chi connectivity index (χ0) is 23.6. The number of nitrogens with zero attached hydrogens (tertiary/aromatic N) is 1. The first kappa shape index (κ1) is 22.4. The highest BCUT2D eigenvalue weighted by Gasteiger charge is 2.23. The first-order valence-corrected chi connectivity index (χ1v) is 11.5. The van der Waals surface area contributed by atoms with Crippen LogP contribution in [0, 0.1) is 6.92 Å². The predicted octanol–water partition coefficient (Wildman–Crippen LogP) is 4.83. The van der Waals surface area contributed by atoms with Crippen LogP contribution in [0.25, 0.3) is 11.0 Å². The number of para-hydroxylation sites is 1. The molecule has 0 atom stereocenters. The average molecular weight is 466 g/mol. The molecule has 0 saturated carbocycles. The highest BCUT2D eigenvalue weighted by molar-refractivity contribution is 7.91. The van der Waals surface area contributed by atoms with Gasteiger partial charge in [0.25, 0.3) is 0 Å². The summed E-state index contributed by atoms with van der Waals surface area (Å²) in [6.07, 6.45) is 0. The van der Waals surface area contributed by atoms with Crippen LogP contribution < -0.4 is 19.8 Å². The number of rotatable bonds is 6. The minimum Gasteiger partial charge on any atom is -0.497 e. The molecule has 0 spiro atoms. The summed E-state index contributed by atoms with van der Waals surface area (Å²) in [4.78, 5) is 4.62. The lowest BCUT2D eigenvalue weighted by Crippen LogP contribution is -2.16. The van der Waals surface area contributed by atoms with Gasteiger partial charge < -0.3 is 18.6 Å². The number of benzene rings is 3. The Bertz CT molecular complexity index is 1490. The summed E-state index contributed by atoms with van der Waals surface area (Å²) in [7, 11) is 0.617. The second-order valence-corrected chi connectivity index (χ2v) is 9.18. The molecule has 0 bridgehead atoms. The third-order valence-electron chi connectivity index (χ3n) is 5.16. The van der Waals surface area contributed by atoms with Crippen LogP contribution in [0.15, 0.2) is 85.9 Å². The quantitative estimate of drug-likeness (QED) is 0.405. The minimum absolute atomic E-state index is 0.0648. The molecule has 0 amide bonds. The molecule has 0 aliphatic carbocycles. The van der Waals surface area contributed by atoms with Gasteiger partial charge in [-0.1, -0.05) is 29.8 Å². The van der Waals surface area contributed by atoms with Crippen molar-refractivity contribution in [2.24, 2.45) is 4.99 Å². The normalized spacial score (nSPS) is 12.1. The van der Waals surface area contributed by atoms with Gasteiger partial charge in [-0.05, 0) is 43.3 Å². The molecule has 0 radical (unpaired) electrons. The molecule has 170 valence electrons. The van der Waals surface area contributed by atoms with Crippen LogP contribution in [-0.4, -0.2) is 29.7 Å². The summed E-state index contributed by atoms with van der Waals surface area (Å²) in [5.74, 6) is 1.45. The fourth-order valence-electron chi connectivity index (χ4n) is 3.37. The van der Waals surface area contributed by atoms with Gasteiger partial charge in [-0.25, -0.2) is 13.4 Å². The highest BCUT2D eigenvalue weighted by Crippen LogP contribution is 2.32. The number of sulfone groups is 1. The fraction of sp³-hybridized carbons (Fsp3) is 0.160. The van der Waals surface area contributed by atoms with E-state index in [1.54, 1.807) is 73.8 Å². The lowest BCUT2D eigenvalue weighted by molar-refractivity contribution is 0.394. The van der Waals surface area contributed by atoms with E-state index in [9.17, 15) is 8.42 Å². The third kappa shape index (κ3) is 4.29. The molecular formula is C25H23NO6S. The van der Waals surface area contributed by atoms with Crippen LogP contribution in [0.2, 0.25) is 0 Å². The Balaban J connectivity index is 2.06. The van der Waals surface area contributed by atoms with Crippen LogP contribution in [0.4, 0.5) is 5.69 Å². The smallest absolute Gasteiger partial charge is 0.239 e. The van der Waals surface area contributed by atoms with Gasteiger partial charge in [0.2, 0.25) is 15.4 Å². The van der Waals surface area contributed by atoms with Gasteiger partial charge in [-0.15, -0.1) is 0 Å². The number of methoxy groups -OCH3 is 3. The Morgan fingerprint density at radius 3 is 2.21 bits per heavy atom. The zero-order valence-corrected chi connectivity index (χ0v) is 19.5. The second kappa shape index (κ2) is 8.99. The van der Waals surface area contributed by atoms with Crippen molar-refractivity contribution in [1.82, 2.24) is 0 Å². The molecule has 3 aromatic carbocycles. The summed E-state index contributed by atoms with van der Waals surface area (Å²) in [5, 5.41) is 0.570. The van der Waals surface area contributed by atoms with E-state index in [0.717, 1.165) is 5.56 Å². The van der Waals surface area contributed by atoms with Crippen molar-refractivity contribution in [3.8, 4) is 17.2 Å². The summed E-state index contributed by atoms with van der Waals surface area (Å²) in [6, 6.07) is 18.5. The van der Waals surface area contributed by atoms with E-state index in [1.165, 1.54) is 14.2 Å². The van der Waals surface area contributed by atoms with Crippen molar-refractivity contribution in [3.63, 3.8) is 0 Å². The number of hydrogen-bond donors (Lipinski definition) is 0. The van der Waals surface area contributed by atoms with Crippen LogP contribution >= 0.6 is 0 Å². The molecule has 1 heterocycles. The Morgan fingerprint density at radius 2 is 1.55 bits per heavy atom. The molecule has 1 aromatic heterocycles. The summed E-state index contributed by atoms with van der Waals surface area (Å²) in [6.45, 7) is 1.89. The second-order valence-electron chi connectivity index (χ2n) is 7.26. The Labute approximate surface area is 191 Å². The third-order valence-corrected chi connectivity index (χ3v) is 6.92. The lowest BCUT2D eigenvalue weighted by atomic mass is 10.2. The van der Waals surface area contributed by atoms with Crippen molar-refractivity contribution in [2.75, 3.05) is 21.3 Å². The largest absolute Gasteiger partial charge is 0.497 e. The Morgan fingerprint density at radius 1 is 0.818 bits per heavy atom. The van der Waals surface area contributed by atoms with Crippen molar-refractivity contribution < 1.29 is 27.0 Å². The Hall–Kier alpha value is -3.78. The van der Waals surface area contributed by atoms with Gasteiger partial charge in [0, 0.05) is 11.5 Å². The molecule has 8 heteroatoms. The summed E-state index contributed by atoms with van der Waals surface area (Å²) < 4.78 is 49.3. The molecule has 0 aliphatic heterocycles. The SMILES string of the molecule is COc1ccc(N=c2oc3c(OC)cccc3cc2S(=O)(=O)c2ccc(C)cc2)c(OC)c1. The Kier molecular flexibility index (Phi) is 6.11. The van der Waals surface area contributed by atoms with E-state index in [2.05, 4.69) is 4.99 Å². The van der Waals surface area contributed by atoms with Gasteiger partial charge >= 0.3 is 0 Å². The minimum atomic E-state index is -3.94. The number of fused-ring (bicyclic) bond motifs is 1. The molecule has 0 N–H and O–H groups in total. The van der Waals surface area contributed by atoms with E-state index in [0.29, 0.717) is 33.9 Å². The number of ether oxygens (including phenoxy) is 3. The summed E-state index contributed by atoms with van der Waals surface area (Å²) >= 11 is 0. The topological polar surface area (TPSA) is 87.3 Å². The maximum atomic E-state index is 13.6. The van der Waals surface area contributed by atoms with Gasteiger partial charge in [-0.3, -0.25) is 0 Å². The van der Waals surface area contributed by atoms with Gasteiger partial charge in [0.05, 0.1) is 26.2 Å². The van der Waals surface area contributed by atoms with Crippen molar-refractivity contribution in [1.29, 1.82) is 0 Å². The molecule has 0 saturated heterocycles. The zero-order valence-electron chi connectivity index (χ0n) is 18.7. The molecular weight excluding hydrogens is 442 g/mol. The van der Waals surface area contributed by atoms with E-state index in [1.807, 2.05) is 6.92 Å². The van der Waals surface area contributed by atoms with Crippen LogP contribution in [-0.2, 0) is 9.84 Å². The molecule has 4 aromatic rings. The average Bonchev–Trinajstić information content (AvgIpc) is 2.83. The maximum Gasteiger partial charge on any atom is 0.239 e. The van der Waals surface area contributed by atoms with E-state index in [-0.39, 0.29) is 15.3 Å². The van der Waals surface area contributed by atoms with Gasteiger partial charge in [-0.2, -0.15) is 0 Å². The lowest BCUT2D eigenvalue weighted by Gasteiger charge is -2.10. The van der Waals surface area contributed by atoms with Crippen LogP contribution in [0.5, 0.6) is 17.2 Å².